The van der Waals surface area contributed by atoms with Crippen LogP contribution in [0.1, 0.15) is 21.5 Å². The molecule has 2 aromatic carbocycles. The Morgan fingerprint density at radius 2 is 1.92 bits per heavy atom. The first-order valence-electron chi connectivity index (χ1n) is 7.78. The van der Waals surface area contributed by atoms with Crippen molar-refractivity contribution in [3.63, 3.8) is 0 Å². The van der Waals surface area contributed by atoms with E-state index in [0.29, 0.717) is 23.7 Å². The Hall–Kier alpha value is -2.11. The van der Waals surface area contributed by atoms with Gasteiger partial charge >= 0.3 is 0 Å². The first-order valence-corrected chi connectivity index (χ1v) is 8.96. The lowest BCUT2D eigenvalue weighted by atomic mass is 10.2. The van der Waals surface area contributed by atoms with Gasteiger partial charge in [-0.2, -0.15) is 5.10 Å². The van der Waals surface area contributed by atoms with Gasteiger partial charge in [-0.05, 0) is 29.3 Å². The van der Waals surface area contributed by atoms with Crippen LogP contribution in [0.5, 0.6) is 0 Å². The highest BCUT2D eigenvalue weighted by Gasteiger charge is 2.14. The summed E-state index contributed by atoms with van der Waals surface area (Å²) < 4.78 is 2.74. The monoisotopic (exact) mass is 417 g/mol. The Labute approximate surface area is 160 Å². The van der Waals surface area contributed by atoms with Gasteiger partial charge in [0, 0.05) is 29.3 Å². The van der Waals surface area contributed by atoms with Gasteiger partial charge in [0.05, 0.1) is 18.3 Å². The van der Waals surface area contributed by atoms with Crippen LogP contribution in [-0.4, -0.2) is 27.6 Å². The first kappa shape index (κ1) is 17.7. The van der Waals surface area contributed by atoms with E-state index in [4.69, 9.17) is 11.6 Å². The minimum atomic E-state index is -0.0617. The standard InChI is InChI=1S/C19H17BrClN3O/c1-23(11-14-6-8-17(20)9-7-14)19(25)16-10-22-24(13-16)12-15-4-2-3-5-18(15)21/h2-10,13H,11-12H2,1H3. The molecule has 3 aromatic rings. The number of hydrogen-bond acceptors (Lipinski definition) is 2. The van der Waals surface area contributed by atoms with Crippen molar-refractivity contribution in [1.82, 2.24) is 14.7 Å². The third kappa shape index (κ3) is 4.50. The lowest BCUT2D eigenvalue weighted by molar-refractivity contribution is 0.0785. The maximum absolute atomic E-state index is 12.6. The summed E-state index contributed by atoms with van der Waals surface area (Å²) in [7, 11) is 1.79. The Morgan fingerprint density at radius 3 is 2.64 bits per heavy atom. The average molecular weight is 419 g/mol. The van der Waals surface area contributed by atoms with E-state index in [0.717, 1.165) is 15.6 Å². The van der Waals surface area contributed by atoms with Crippen LogP contribution in [-0.2, 0) is 13.1 Å². The highest BCUT2D eigenvalue weighted by molar-refractivity contribution is 9.10. The summed E-state index contributed by atoms with van der Waals surface area (Å²) in [6, 6.07) is 15.5. The molecule has 1 heterocycles. The Kier molecular flexibility index (Phi) is 5.56. The van der Waals surface area contributed by atoms with Crippen molar-refractivity contribution in [1.29, 1.82) is 0 Å². The average Bonchev–Trinajstić information content (AvgIpc) is 3.07. The molecule has 128 valence electrons. The molecule has 25 heavy (non-hydrogen) atoms. The van der Waals surface area contributed by atoms with E-state index >= 15 is 0 Å². The lowest BCUT2D eigenvalue weighted by Gasteiger charge is -2.16. The third-order valence-electron chi connectivity index (χ3n) is 3.85. The highest BCUT2D eigenvalue weighted by atomic mass is 79.9. The van der Waals surface area contributed by atoms with Crippen molar-refractivity contribution in [2.75, 3.05) is 7.05 Å². The van der Waals surface area contributed by atoms with Crippen LogP contribution < -0.4 is 0 Å². The normalized spacial score (nSPS) is 10.7. The molecule has 0 aliphatic heterocycles. The minimum absolute atomic E-state index is 0.0617. The van der Waals surface area contributed by atoms with Gasteiger partial charge in [-0.3, -0.25) is 9.48 Å². The first-order chi connectivity index (χ1) is 12.0. The minimum Gasteiger partial charge on any atom is -0.337 e. The molecule has 1 aromatic heterocycles. The van der Waals surface area contributed by atoms with E-state index in [1.807, 2.05) is 48.5 Å². The van der Waals surface area contributed by atoms with E-state index in [1.54, 1.807) is 29.0 Å². The highest BCUT2D eigenvalue weighted by Crippen LogP contribution is 2.17. The summed E-state index contributed by atoms with van der Waals surface area (Å²) in [5.74, 6) is -0.0617. The molecule has 0 spiro atoms. The fourth-order valence-corrected chi connectivity index (χ4v) is 2.98. The quantitative estimate of drug-likeness (QED) is 0.606. The van der Waals surface area contributed by atoms with Crippen molar-refractivity contribution in [3.05, 3.63) is 87.1 Å². The van der Waals surface area contributed by atoms with Crippen molar-refractivity contribution in [2.24, 2.45) is 0 Å². The molecule has 3 rings (SSSR count). The Morgan fingerprint density at radius 1 is 1.20 bits per heavy atom. The molecule has 0 aliphatic rings. The lowest BCUT2D eigenvalue weighted by Crippen LogP contribution is -2.25. The summed E-state index contributed by atoms with van der Waals surface area (Å²) >= 11 is 9.59. The van der Waals surface area contributed by atoms with Gasteiger partial charge in [0.1, 0.15) is 0 Å². The zero-order chi connectivity index (χ0) is 17.8. The molecule has 0 saturated carbocycles. The number of hydrogen-bond donors (Lipinski definition) is 0. The summed E-state index contributed by atoms with van der Waals surface area (Å²) in [5.41, 5.74) is 2.60. The van der Waals surface area contributed by atoms with E-state index in [9.17, 15) is 4.79 Å². The predicted molar refractivity (Wildman–Crippen MR) is 103 cm³/mol. The molecule has 6 heteroatoms. The van der Waals surface area contributed by atoms with Crippen LogP contribution in [0.4, 0.5) is 0 Å². The Bertz CT molecular complexity index is 876. The van der Waals surface area contributed by atoms with Crippen LogP contribution in [0.15, 0.2) is 65.4 Å². The van der Waals surface area contributed by atoms with E-state index in [2.05, 4.69) is 21.0 Å². The second kappa shape index (κ2) is 7.85. The third-order valence-corrected chi connectivity index (χ3v) is 4.75. The molecule has 0 radical (unpaired) electrons. The second-order valence-corrected chi connectivity index (χ2v) is 7.13. The van der Waals surface area contributed by atoms with Crippen molar-refractivity contribution >= 4 is 33.4 Å². The number of halogens is 2. The summed E-state index contributed by atoms with van der Waals surface area (Å²) in [5, 5.41) is 4.97. The number of carbonyl (C=O) groups is 1. The van der Waals surface area contributed by atoms with Gasteiger partial charge in [0.2, 0.25) is 0 Å². The molecule has 0 fully saturated rings. The number of benzene rings is 2. The SMILES string of the molecule is CN(Cc1ccc(Br)cc1)C(=O)c1cnn(Cc2ccccc2Cl)c1. The van der Waals surface area contributed by atoms with Crippen LogP contribution in [0.25, 0.3) is 0 Å². The number of nitrogens with zero attached hydrogens (tertiary/aromatic N) is 3. The number of amides is 1. The van der Waals surface area contributed by atoms with Gasteiger partial charge in [0.25, 0.3) is 5.91 Å². The number of rotatable bonds is 5. The second-order valence-electron chi connectivity index (χ2n) is 5.81. The summed E-state index contributed by atoms with van der Waals surface area (Å²) in [6.07, 6.45) is 3.35. The largest absolute Gasteiger partial charge is 0.337 e. The van der Waals surface area contributed by atoms with E-state index in [1.165, 1.54) is 0 Å². The molecule has 0 saturated heterocycles. The molecule has 0 atom stereocenters. The molecule has 0 N–H and O–H groups in total. The summed E-state index contributed by atoms with van der Waals surface area (Å²) in [6.45, 7) is 1.07. The number of aromatic nitrogens is 2. The molecule has 0 unspecified atom stereocenters. The molecule has 0 bridgehead atoms. The van der Waals surface area contributed by atoms with Gasteiger partial charge in [-0.15, -0.1) is 0 Å². The zero-order valence-corrected chi connectivity index (χ0v) is 16.0. The van der Waals surface area contributed by atoms with E-state index < -0.39 is 0 Å². The van der Waals surface area contributed by atoms with Crippen LogP contribution >= 0.6 is 27.5 Å². The topological polar surface area (TPSA) is 38.1 Å². The van der Waals surface area contributed by atoms with Gasteiger partial charge in [0.15, 0.2) is 0 Å². The zero-order valence-electron chi connectivity index (χ0n) is 13.7. The predicted octanol–water partition coefficient (Wildman–Crippen LogP) is 4.62. The van der Waals surface area contributed by atoms with E-state index in [-0.39, 0.29) is 5.91 Å². The maximum Gasteiger partial charge on any atom is 0.257 e. The molecule has 0 aliphatic carbocycles. The molecule has 1 amide bonds. The fraction of sp³-hybridized carbons (Fsp3) is 0.158. The van der Waals surface area contributed by atoms with Crippen molar-refractivity contribution in [2.45, 2.75) is 13.1 Å². The number of carbonyl (C=O) groups excluding carboxylic acids is 1. The van der Waals surface area contributed by atoms with Crippen LogP contribution in [0.3, 0.4) is 0 Å². The summed E-state index contributed by atoms with van der Waals surface area (Å²) in [4.78, 5) is 14.3. The maximum atomic E-state index is 12.6. The molecular formula is C19H17BrClN3O. The smallest absolute Gasteiger partial charge is 0.257 e. The van der Waals surface area contributed by atoms with Crippen LogP contribution in [0, 0.1) is 0 Å². The van der Waals surface area contributed by atoms with Crippen molar-refractivity contribution in [3.8, 4) is 0 Å². The van der Waals surface area contributed by atoms with Crippen molar-refractivity contribution < 1.29 is 4.79 Å². The Balaban J connectivity index is 1.67. The van der Waals surface area contributed by atoms with Gasteiger partial charge in [-0.1, -0.05) is 57.9 Å². The van der Waals surface area contributed by atoms with Crippen LogP contribution in [0.2, 0.25) is 5.02 Å². The fourth-order valence-electron chi connectivity index (χ4n) is 2.52. The van der Waals surface area contributed by atoms with Gasteiger partial charge < -0.3 is 4.90 Å². The van der Waals surface area contributed by atoms with Gasteiger partial charge in [-0.25, -0.2) is 0 Å². The molecular weight excluding hydrogens is 402 g/mol. The molecule has 4 nitrogen and oxygen atoms in total.